The molecule has 5 rings (SSSR count). The molecule has 184 valence electrons. The minimum atomic E-state index is -4.54. The van der Waals surface area contributed by atoms with Gasteiger partial charge in [0.2, 0.25) is 17.7 Å². The molecule has 8 nitrogen and oxygen atoms in total. The SMILES string of the molecule is COc1ccc(-c2ncc3c(n2)N(Cc2ccc(-c4nc(C(F)(F)F)cn4C)cc2)C(=O)C3)c(F)n1. The maximum Gasteiger partial charge on any atom is 0.434 e. The predicted octanol–water partition coefficient (Wildman–Crippen LogP) is 4.19. The molecule has 1 amide bonds. The average Bonchev–Trinajstić information content (AvgIpc) is 3.39. The molecule has 0 bridgehead atoms. The Kier molecular flexibility index (Phi) is 5.65. The molecular formula is C24H18F4N6O2. The first-order valence-corrected chi connectivity index (χ1v) is 10.7. The van der Waals surface area contributed by atoms with E-state index in [4.69, 9.17) is 4.74 Å². The Morgan fingerprint density at radius 1 is 1.06 bits per heavy atom. The number of fused-ring (bicyclic) bond motifs is 1. The van der Waals surface area contributed by atoms with Crippen LogP contribution in [0.15, 0.2) is 48.8 Å². The molecule has 0 fully saturated rings. The number of amides is 1. The number of imidazole rings is 1. The molecule has 12 heteroatoms. The van der Waals surface area contributed by atoms with Crippen LogP contribution < -0.4 is 9.64 Å². The van der Waals surface area contributed by atoms with E-state index in [1.54, 1.807) is 24.3 Å². The highest BCUT2D eigenvalue weighted by Gasteiger charge is 2.34. The van der Waals surface area contributed by atoms with Crippen LogP contribution in [0.3, 0.4) is 0 Å². The topological polar surface area (TPSA) is 86.0 Å². The van der Waals surface area contributed by atoms with Gasteiger partial charge in [0.25, 0.3) is 0 Å². The van der Waals surface area contributed by atoms with Crippen LogP contribution in [0.1, 0.15) is 16.8 Å². The molecule has 0 atom stereocenters. The third-order valence-corrected chi connectivity index (χ3v) is 5.73. The van der Waals surface area contributed by atoms with E-state index in [2.05, 4.69) is 19.9 Å². The van der Waals surface area contributed by atoms with Crippen molar-refractivity contribution in [2.24, 2.45) is 7.05 Å². The van der Waals surface area contributed by atoms with Gasteiger partial charge in [0, 0.05) is 36.6 Å². The molecule has 0 saturated heterocycles. The van der Waals surface area contributed by atoms with E-state index in [9.17, 15) is 22.4 Å². The summed E-state index contributed by atoms with van der Waals surface area (Å²) in [4.78, 5) is 30.2. The molecule has 0 saturated carbocycles. The fourth-order valence-corrected chi connectivity index (χ4v) is 3.94. The predicted molar refractivity (Wildman–Crippen MR) is 120 cm³/mol. The normalized spacial score (nSPS) is 13.3. The van der Waals surface area contributed by atoms with Gasteiger partial charge in [-0.1, -0.05) is 24.3 Å². The smallest absolute Gasteiger partial charge is 0.434 e. The van der Waals surface area contributed by atoms with Crippen molar-refractivity contribution in [1.82, 2.24) is 24.5 Å². The molecule has 0 unspecified atom stereocenters. The van der Waals surface area contributed by atoms with E-state index in [1.807, 2.05) is 0 Å². The molecule has 4 aromatic rings. The van der Waals surface area contributed by atoms with Crippen LogP contribution in [0.5, 0.6) is 5.88 Å². The van der Waals surface area contributed by atoms with Gasteiger partial charge in [-0.25, -0.2) is 15.0 Å². The summed E-state index contributed by atoms with van der Waals surface area (Å²) in [5, 5.41) is 0. The maximum atomic E-state index is 14.4. The summed E-state index contributed by atoms with van der Waals surface area (Å²) in [6.07, 6.45) is -2.02. The summed E-state index contributed by atoms with van der Waals surface area (Å²) >= 11 is 0. The van der Waals surface area contributed by atoms with Gasteiger partial charge in [-0.3, -0.25) is 9.69 Å². The van der Waals surface area contributed by atoms with Crippen LogP contribution in [-0.2, 0) is 31.0 Å². The zero-order valence-corrected chi connectivity index (χ0v) is 19.0. The minimum absolute atomic E-state index is 0.0653. The Balaban J connectivity index is 1.40. The molecule has 4 heterocycles. The van der Waals surface area contributed by atoms with E-state index >= 15 is 0 Å². The zero-order chi connectivity index (χ0) is 25.6. The Morgan fingerprint density at radius 3 is 2.44 bits per heavy atom. The summed E-state index contributed by atoms with van der Waals surface area (Å²) in [7, 11) is 2.86. The van der Waals surface area contributed by atoms with Crippen LogP contribution in [0.2, 0.25) is 0 Å². The number of nitrogens with zero attached hydrogens (tertiary/aromatic N) is 6. The lowest BCUT2D eigenvalue weighted by Gasteiger charge is -2.17. The molecule has 0 aliphatic carbocycles. The van der Waals surface area contributed by atoms with Gasteiger partial charge in [-0.2, -0.15) is 22.5 Å². The minimum Gasteiger partial charge on any atom is -0.481 e. The summed E-state index contributed by atoms with van der Waals surface area (Å²) in [5.41, 5.74) is 0.924. The standard InChI is InChI=1S/C24H18F4N6O2/c1-33-12-17(24(26,27)28)30-22(33)14-5-3-13(4-6-14)11-34-19(35)9-15-10-29-21(32-23(15)34)16-7-8-18(36-2)31-20(16)25/h3-8,10,12H,9,11H2,1-2H3. The van der Waals surface area contributed by atoms with E-state index < -0.39 is 17.8 Å². The van der Waals surface area contributed by atoms with Crippen LogP contribution in [-0.4, -0.2) is 37.5 Å². The molecule has 1 aromatic carbocycles. The quantitative estimate of drug-likeness (QED) is 0.303. The highest BCUT2D eigenvalue weighted by molar-refractivity contribution is 6.00. The van der Waals surface area contributed by atoms with Crippen LogP contribution in [0.25, 0.3) is 22.8 Å². The number of ether oxygens (including phenoxy) is 1. The van der Waals surface area contributed by atoms with Crippen molar-refractivity contribution < 1.29 is 27.1 Å². The fraction of sp³-hybridized carbons (Fsp3) is 0.208. The first-order valence-electron chi connectivity index (χ1n) is 10.7. The maximum absolute atomic E-state index is 14.4. The van der Waals surface area contributed by atoms with Crippen molar-refractivity contribution in [2.75, 3.05) is 12.0 Å². The third kappa shape index (κ3) is 4.25. The second-order valence-corrected chi connectivity index (χ2v) is 8.15. The van der Waals surface area contributed by atoms with Crippen LogP contribution >= 0.6 is 0 Å². The van der Waals surface area contributed by atoms with Crippen molar-refractivity contribution in [3.8, 4) is 28.7 Å². The number of rotatable bonds is 5. The monoisotopic (exact) mass is 498 g/mol. The Hall–Kier alpha value is -4.35. The highest BCUT2D eigenvalue weighted by atomic mass is 19.4. The highest BCUT2D eigenvalue weighted by Crippen LogP contribution is 2.32. The number of aryl methyl sites for hydroxylation is 1. The van der Waals surface area contributed by atoms with Gasteiger partial charge in [0.15, 0.2) is 11.5 Å². The second kappa shape index (κ2) is 8.70. The molecule has 1 aliphatic rings. The molecule has 0 spiro atoms. The third-order valence-electron chi connectivity index (χ3n) is 5.73. The van der Waals surface area contributed by atoms with Crippen LogP contribution in [0, 0.1) is 5.95 Å². The van der Waals surface area contributed by atoms with Gasteiger partial charge in [-0.05, 0) is 11.6 Å². The largest absolute Gasteiger partial charge is 0.481 e. The van der Waals surface area contributed by atoms with Crippen molar-refractivity contribution in [3.63, 3.8) is 0 Å². The number of methoxy groups -OCH3 is 1. The van der Waals surface area contributed by atoms with Gasteiger partial charge in [0.05, 0.1) is 25.6 Å². The average molecular weight is 498 g/mol. The summed E-state index contributed by atoms with van der Waals surface area (Å²) < 4.78 is 59.6. The van der Waals surface area contributed by atoms with Crippen molar-refractivity contribution in [1.29, 1.82) is 0 Å². The number of anilines is 1. The van der Waals surface area contributed by atoms with Gasteiger partial charge in [-0.15, -0.1) is 0 Å². The van der Waals surface area contributed by atoms with Gasteiger partial charge < -0.3 is 9.30 Å². The number of pyridine rings is 1. The number of halogens is 4. The lowest BCUT2D eigenvalue weighted by Crippen LogP contribution is -2.26. The summed E-state index contributed by atoms with van der Waals surface area (Å²) in [6.45, 7) is 0.167. The second-order valence-electron chi connectivity index (χ2n) is 8.15. The number of alkyl halides is 3. The van der Waals surface area contributed by atoms with Crippen molar-refractivity contribution in [2.45, 2.75) is 19.1 Å². The number of aromatic nitrogens is 5. The molecule has 1 aliphatic heterocycles. The van der Waals surface area contributed by atoms with Gasteiger partial charge in [0.1, 0.15) is 11.6 Å². The lowest BCUT2D eigenvalue weighted by molar-refractivity contribution is -0.140. The first-order chi connectivity index (χ1) is 17.1. The number of benzene rings is 1. The molecular weight excluding hydrogens is 480 g/mol. The Labute approximate surface area is 202 Å². The lowest BCUT2D eigenvalue weighted by atomic mass is 10.1. The van der Waals surface area contributed by atoms with E-state index in [-0.39, 0.29) is 42.0 Å². The number of carbonyl (C=O) groups excluding carboxylic acids is 1. The molecule has 3 aromatic heterocycles. The molecule has 0 N–H and O–H groups in total. The Bertz CT molecular complexity index is 1470. The number of hydrogen-bond acceptors (Lipinski definition) is 6. The Morgan fingerprint density at radius 2 is 1.81 bits per heavy atom. The zero-order valence-electron chi connectivity index (χ0n) is 19.0. The fourth-order valence-electron chi connectivity index (χ4n) is 3.94. The summed E-state index contributed by atoms with van der Waals surface area (Å²) in [5.74, 6) is -0.284. The number of carbonyl (C=O) groups is 1. The molecule has 0 radical (unpaired) electrons. The summed E-state index contributed by atoms with van der Waals surface area (Å²) in [6, 6.07) is 9.63. The number of hydrogen-bond donors (Lipinski definition) is 0. The molecule has 36 heavy (non-hydrogen) atoms. The van der Waals surface area contributed by atoms with E-state index in [0.717, 1.165) is 11.8 Å². The van der Waals surface area contributed by atoms with Crippen LogP contribution in [0.4, 0.5) is 23.4 Å². The van der Waals surface area contributed by atoms with Gasteiger partial charge >= 0.3 is 6.18 Å². The van der Waals surface area contributed by atoms with Crippen molar-refractivity contribution in [3.05, 3.63) is 71.6 Å². The first kappa shape index (κ1) is 23.4. The van der Waals surface area contributed by atoms with Crippen molar-refractivity contribution >= 4 is 11.7 Å². The van der Waals surface area contributed by atoms with E-state index in [1.165, 1.54) is 42.0 Å². The van der Waals surface area contributed by atoms with E-state index in [0.29, 0.717) is 16.9 Å².